The Labute approximate surface area is 146 Å². The smallest absolute Gasteiger partial charge is 0.330 e. The topological polar surface area (TPSA) is 93.5 Å². The number of ether oxygens (including phenoxy) is 2. The summed E-state index contributed by atoms with van der Waals surface area (Å²) in [5.74, 6) is 0.941. The third-order valence-electron chi connectivity index (χ3n) is 4.03. The van der Waals surface area contributed by atoms with Crippen LogP contribution in [0.1, 0.15) is 6.23 Å². The number of aromatic amines is 1. The van der Waals surface area contributed by atoms with Crippen molar-refractivity contribution in [3.8, 4) is 0 Å². The number of thioether (sulfide) groups is 1. The summed E-state index contributed by atoms with van der Waals surface area (Å²) >= 11 is 1.70. The second-order valence-corrected chi connectivity index (χ2v) is 14.0. The highest BCUT2D eigenvalue weighted by atomic mass is 32.2. The van der Waals surface area contributed by atoms with Gasteiger partial charge in [0.15, 0.2) is 6.23 Å². The van der Waals surface area contributed by atoms with Gasteiger partial charge in [-0.05, 0) is 11.8 Å². The zero-order valence-corrected chi connectivity index (χ0v) is 16.3. The molecule has 0 aromatic carbocycles. The van der Waals surface area contributed by atoms with Crippen molar-refractivity contribution in [2.24, 2.45) is 0 Å². The summed E-state index contributed by atoms with van der Waals surface area (Å²) in [4.78, 5) is 25.7. The third-order valence-corrected chi connectivity index (χ3v) is 7.46. The van der Waals surface area contributed by atoms with Gasteiger partial charge in [-0.2, -0.15) is 11.8 Å². The number of aliphatic hydroxyl groups is 1. The van der Waals surface area contributed by atoms with Crippen LogP contribution in [0.15, 0.2) is 21.9 Å². The summed E-state index contributed by atoms with van der Waals surface area (Å²) in [7, 11) is 0.410. The first-order valence-electron chi connectivity index (χ1n) is 7.99. The van der Waals surface area contributed by atoms with Crippen molar-refractivity contribution in [3.05, 3.63) is 33.1 Å². The van der Waals surface area contributed by atoms with Crippen LogP contribution in [0.4, 0.5) is 0 Å². The van der Waals surface area contributed by atoms with Gasteiger partial charge in [0.25, 0.3) is 5.56 Å². The zero-order chi connectivity index (χ0) is 17.9. The second kappa shape index (κ2) is 8.00. The molecule has 2 heterocycles. The first-order chi connectivity index (χ1) is 11.3. The number of aromatic nitrogens is 2. The van der Waals surface area contributed by atoms with Crippen LogP contribution in [-0.2, 0) is 9.47 Å². The van der Waals surface area contributed by atoms with Gasteiger partial charge in [0.2, 0.25) is 0 Å². The number of H-pyrrole nitrogens is 1. The summed E-state index contributed by atoms with van der Waals surface area (Å²) in [5.41, 5.74) is -0.962. The molecule has 1 aromatic rings. The van der Waals surface area contributed by atoms with Crippen molar-refractivity contribution in [1.82, 2.24) is 9.55 Å². The van der Waals surface area contributed by atoms with Crippen molar-refractivity contribution in [2.75, 3.05) is 19.5 Å². The van der Waals surface area contributed by atoms with Crippen LogP contribution in [0, 0.1) is 0 Å². The zero-order valence-electron chi connectivity index (χ0n) is 14.5. The predicted octanol–water partition coefficient (Wildman–Crippen LogP) is 0.881. The van der Waals surface area contributed by atoms with Crippen molar-refractivity contribution >= 4 is 19.8 Å². The first-order valence-corrected chi connectivity index (χ1v) is 12.7. The Bertz CT molecular complexity index is 656. The fraction of sp³-hybridized carbons (Fsp3) is 0.733. The molecule has 2 rings (SSSR count). The average Bonchev–Trinajstić information content (AvgIpc) is 2.83. The maximum atomic E-state index is 12.1. The largest absolute Gasteiger partial charge is 0.394 e. The normalized spacial score (nSPS) is 27.5. The van der Waals surface area contributed by atoms with E-state index in [4.69, 9.17) is 9.47 Å². The van der Waals surface area contributed by atoms with Gasteiger partial charge in [-0.3, -0.25) is 14.3 Å². The molecule has 24 heavy (non-hydrogen) atoms. The Kier molecular flexibility index (Phi) is 6.49. The van der Waals surface area contributed by atoms with Crippen LogP contribution in [0.3, 0.4) is 0 Å². The molecule has 0 bridgehead atoms. The Morgan fingerprint density at radius 1 is 1.42 bits per heavy atom. The molecule has 1 saturated heterocycles. The number of methoxy groups -OCH3 is 1. The molecule has 9 heteroatoms. The molecule has 4 unspecified atom stereocenters. The fourth-order valence-corrected chi connectivity index (χ4v) is 6.70. The van der Waals surface area contributed by atoms with Crippen LogP contribution in [-0.4, -0.2) is 59.7 Å². The van der Waals surface area contributed by atoms with E-state index in [0.717, 1.165) is 11.8 Å². The molecule has 4 atom stereocenters. The van der Waals surface area contributed by atoms with E-state index in [1.54, 1.807) is 18.9 Å². The van der Waals surface area contributed by atoms with E-state index in [1.807, 2.05) is 0 Å². The monoisotopic (exact) mass is 374 g/mol. The van der Waals surface area contributed by atoms with Crippen LogP contribution >= 0.6 is 11.8 Å². The highest BCUT2D eigenvalue weighted by Gasteiger charge is 2.46. The number of nitrogens with one attached hydrogen (secondary N) is 1. The number of rotatable bonds is 7. The van der Waals surface area contributed by atoms with Crippen molar-refractivity contribution in [2.45, 2.75) is 49.4 Å². The van der Waals surface area contributed by atoms with Crippen molar-refractivity contribution < 1.29 is 14.6 Å². The van der Waals surface area contributed by atoms with E-state index in [2.05, 4.69) is 24.6 Å². The van der Waals surface area contributed by atoms with Gasteiger partial charge in [0.05, 0.1) is 11.9 Å². The molecular weight excluding hydrogens is 348 g/mol. The standard InChI is InChI=1S/C15H26N2O5SSi/c1-21-12-10(9-18)22-14(13(12)23-7-8-24(2,3)4)17-6-5-11(19)16-15(17)20/h5-6,10,12-14,18H,7-9H2,1-4H3,(H,16,19,20). The highest BCUT2D eigenvalue weighted by Crippen LogP contribution is 2.39. The number of aliphatic hydroxyl groups excluding tert-OH is 1. The first kappa shape index (κ1) is 19.5. The molecule has 1 aromatic heterocycles. The quantitative estimate of drug-likeness (QED) is 0.688. The maximum absolute atomic E-state index is 12.1. The van der Waals surface area contributed by atoms with Gasteiger partial charge < -0.3 is 14.6 Å². The van der Waals surface area contributed by atoms with Crippen molar-refractivity contribution in [3.63, 3.8) is 0 Å². The number of hydrogen-bond donors (Lipinski definition) is 2. The molecule has 1 aliphatic heterocycles. The molecule has 136 valence electrons. The third kappa shape index (κ3) is 4.60. The van der Waals surface area contributed by atoms with Crippen LogP contribution < -0.4 is 11.2 Å². The van der Waals surface area contributed by atoms with Crippen LogP contribution in [0.5, 0.6) is 0 Å². The Hall–Kier alpha value is -0.873. The Balaban J connectivity index is 2.25. The molecular formula is C15H26N2O5SSi. The van der Waals surface area contributed by atoms with Gasteiger partial charge in [-0.1, -0.05) is 19.6 Å². The van der Waals surface area contributed by atoms with Gasteiger partial charge in [-0.15, -0.1) is 0 Å². The molecule has 1 fully saturated rings. The molecule has 2 N–H and O–H groups in total. The van der Waals surface area contributed by atoms with Crippen LogP contribution in [0.25, 0.3) is 0 Å². The number of nitrogens with zero attached hydrogens (tertiary/aromatic N) is 1. The molecule has 0 radical (unpaired) electrons. The molecule has 1 aliphatic rings. The van der Waals surface area contributed by atoms with E-state index >= 15 is 0 Å². The highest BCUT2D eigenvalue weighted by molar-refractivity contribution is 8.00. The Morgan fingerprint density at radius 2 is 2.12 bits per heavy atom. The average molecular weight is 375 g/mol. The maximum Gasteiger partial charge on any atom is 0.330 e. The van der Waals surface area contributed by atoms with Gasteiger partial charge in [-0.25, -0.2) is 4.79 Å². The minimum atomic E-state index is -1.17. The molecule has 0 spiro atoms. The van der Waals surface area contributed by atoms with E-state index < -0.39 is 31.7 Å². The summed E-state index contributed by atoms with van der Waals surface area (Å²) in [6.07, 6.45) is 0.0430. The van der Waals surface area contributed by atoms with Gasteiger partial charge in [0.1, 0.15) is 12.2 Å². The fourth-order valence-electron chi connectivity index (χ4n) is 2.67. The van der Waals surface area contributed by atoms with Gasteiger partial charge >= 0.3 is 5.69 Å². The van der Waals surface area contributed by atoms with Gasteiger partial charge in [0, 0.05) is 27.4 Å². The molecule has 7 nitrogen and oxygen atoms in total. The van der Waals surface area contributed by atoms with Crippen LogP contribution in [0.2, 0.25) is 25.7 Å². The molecule has 0 aliphatic carbocycles. The number of hydrogen-bond acceptors (Lipinski definition) is 6. The second-order valence-electron chi connectivity index (χ2n) is 7.11. The van der Waals surface area contributed by atoms with E-state index in [-0.39, 0.29) is 18.0 Å². The van der Waals surface area contributed by atoms with E-state index in [1.165, 1.54) is 16.8 Å². The summed E-state index contributed by atoms with van der Waals surface area (Å²) in [6.45, 7) is 6.76. The van der Waals surface area contributed by atoms with E-state index in [9.17, 15) is 14.7 Å². The Morgan fingerprint density at radius 3 is 2.67 bits per heavy atom. The summed E-state index contributed by atoms with van der Waals surface area (Å²) < 4.78 is 12.8. The molecule has 0 amide bonds. The molecule has 0 saturated carbocycles. The van der Waals surface area contributed by atoms with Crippen molar-refractivity contribution in [1.29, 1.82) is 0 Å². The summed E-state index contributed by atoms with van der Waals surface area (Å²) in [5, 5.41) is 9.43. The predicted molar refractivity (Wildman–Crippen MR) is 97.5 cm³/mol. The van der Waals surface area contributed by atoms with E-state index in [0.29, 0.717) is 0 Å². The lowest BCUT2D eigenvalue weighted by atomic mass is 10.2. The lowest BCUT2D eigenvalue weighted by molar-refractivity contribution is -0.0534. The summed E-state index contributed by atoms with van der Waals surface area (Å²) in [6, 6.07) is 2.43. The minimum absolute atomic E-state index is 0.132. The lowest BCUT2D eigenvalue weighted by Gasteiger charge is -2.24. The lowest BCUT2D eigenvalue weighted by Crippen LogP contribution is -2.37. The minimum Gasteiger partial charge on any atom is -0.394 e. The SMILES string of the molecule is COC1C(CO)OC(n2ccc(=O)[nH]c2=O)C1SCC[Si](C)(C)C.